The zero-order valence-corrected chi connectivity index (χ0v) is 11.5. The minimum Gasteiger partial charge on any atom is -0.339 e. The van der Waals surface area contributed by atoms with Gasteiger partial charge >= 0.3 is 0 Å². The van der Waals surface area contributed by atoms with Crippen LogP contribution in [0.4, 0.5) is 0 Å². The second-order valence-electron chi connectivity index (χ2n) is 5.39. The molecular formula is C16H20N2O. The van der Waals surface area contributed by atoms with Crippen molar-refractivity contribution < 1.29 is 4.79 Å². The van der Waals surface area contributed by atoms with Crippen LogP contribution in [0.1, 0.15) is 38.2 Å². The third-order valence-electron chi connectivity index (χ3n) is 3.71. The SMILES string of the molecule is CC(C)N(CCC#N)C(=O)C1CC1c1ccccc1. The van der Waals surface area contributed by atoms with Gasteiger partial charge in [0.05, 0.1) is 12.5 Å². The van der Waals surface area contributed by atoms with Gasteiger partial charge in [0.15, 0.2) is 0 Å². The Balaban J connectivity index is 1.99. The molecule has 1 aliphatic rings. The fourth-order valence-corrected chi connectivity index (χ4v) is 2.54. The summed E-state index contributed by atoms with van der Waals surface area (Å²) in [6.45, 7) is 4.56. The lowest BCUT2D eigenvalue weighted by atomic mass is 10.1. The lowest BCUT2D eigenvalue weighted by Crippen LogP contribution is -2.38. The largest absolute Gasteiger partial charge is 0.339 e. The van der Waals surface area contributed by atoms with Crippen LogP contribution in [0.15, 0.2) is 30.3 Å². The van der Waals surface area contributed by atoms with E-state index in [4.69, 9.17) is 5.26 Å². The summed E-state index contributed by atoms with van der Waals surface area (Å²) in [6.07, 6.45) is 1.35. The molecule has 1 fully saturated rings. The average molecular weight is 256 g/mol. The number of carbonyl (C=O) groups is 1. The highest BCUT2D eigenvalue weighted by Crippen LogP contribution is 2.48. The van der Waals surface area contributed by atoms with Crippen LogP contribution in [0.25, 0.3) is 0 Å². The van der Waals surface area contributed by atoms with E-state index in [9.17, 15) is 4.79 Å². The number of amides is 1. The lowest BCUT2D eigenvalue weighted by molar-refractivity contribution is -0.134. The minimum atomic E-state index is 0.114. The van der Waals surface area contributed by atoms with Crippen molar-refractivity contribution in [1.29, 1.82) is 5.26 Å². The molecule has 1 saturated carbocycles. The Kier molecular flexibility index (Phi) is 4.21. The number of hydrogen-bond donors (Lipinski definition) is 0. The second-order valence-corrected chi connectivity index (χ2v) is 5.39. The summed E-state index contributed by atoms with van der Waals surface area (Å²) in [5, 5.41) is 8.67. The first-order chi connectivity index (χ1) is 9.15. The van der Waals surface area contributed by atoms with Gasteiger partial charge in [-0.05, 0) is 31.7 Å². The Labute approximate surface area is 114 Å². The predicted octanol–water partition coefficient (Wildman–Crippen LogP) is 2.94. The van der Waals surface area contributed by atoms with Gasteiger partial charge < -0.3 is 4.90 Å². The van der Waals surface area contributed by atoms with Crippen LogP contribution < -0.4 is 0 Å². The van der Waals surface area contributed by atoms with E-state index in [0.29, 0.717) is 18.9 Å². The van der Waals surface area contributed by atoms with E-state index in [1.807, 2.05) is 36.9 Å². The molecular weight excluding hydrogens is 236 g/mol. The van der Waals surface area contributed by atoms with Crippen molar-refractivity contribution in [2.75, 3.05) is 6.54 Å². The molecule has 0 aromatic heterocycles. The average Bonchev–Trinajstić information content (AvgIpc) is 3.20. The van der Waals surface area contributed by atoms with Gasteiger partial charge in [-0.25, -0.2) is 0 Å². The monoisotopic (exact) mass is 256 g/mol. The van der Waals surface area contributed by atoms with E-state index in [1.54, 1.807) is 0 Å². The lowest BCUT2D eigenvalue weighted by Gasteiger charge is -2.26. The number of carbonyl (C=O) groups excluding carboxylic acids is 1. The molecule has 2 atom stereocenters. The van der Waals surface area contributed by atoms with Crippen molar-refractivity contribution in [3.8, 4) is 6.07 Å². The van der Waals surface area contributed by atoms with Crippen molar-refractivity contribution in [3.63, 3.8) is 0 Å². The number of nitrogens with zero attached hydrogens (tertiary/aromatic N) is 2. The second kappa shape index (κ2) is 5.88. The molecule has 2 rings (SSSR count). The van der Waals surface area contributed by atoms with E-state index in [-0.39, 0.29) is 17.9 Å². The summed E-state index contributed by atoms with van der Waals surface area (Å²) in [6, 6.07) is 12.5. The Hall–Kier alpha value is -1.82. The van der Waals surface area contributed by atoms with Crippen LogP contribution in [0.5, 0.6) is 0 Å². The van der Waals surface area contributed by atoms with E-state index in [0.717, 1.165) is 6.42 Å². The van der Waals surface area contributed by atoms with E-state index in [1.165, 1.54) is 5.56 Å². The molecule has 0 radical (unpaired) electrons. The van der Waals surface area contributed by atoms with Crippen LogP contribution in [0.3, 0.4) is 0 Å². The van der Waals surface area contributed by atoms with Gasteiger partial charge in [-0.2, -0.15) is 5.26 Å². The highest BCUT2D eigenvalue weighted by Gasteiger charge is 2.45. The summed E-state index contributed by atoms with van der Waals surface area (Å²) < 4.78 is 0. The first kappa shape index (κ1) is 13.6. The van der Waals surface area contributed by atoms with E-state index in [2.05, 4.69) is 18.2 Å². The fourth-order valence-electron chi connectivity index (χ4n) is 2.54. The fraction of sp³-hybridized carbons (Fsp3) is 0.500. The van der Waals surface area contributed by atoms with Gasteiger partial charge in [0.25, 0.3) is 0 Å². The molecule has 19 heavy (non-hydrogen) atoms. The molecule has 2 unspecified atom stereocenters. The van der Waals surface area contributed by atoms with Gasteiger partial charge in [0.2, 0.25) is 5.91 Å². The van der Waals surface area contributed by atoms with Gasteiger partial charge in [-0.15, -0.1) is 0 Å². The molecule has 0 bridgehead atoms. The number of rotatable bonds is 5. The predicted molar refractivity (Wildman–Crippen MR) is 74.4 cm³/mol. The van der Waals surface area contributed by atoms with Gasteiger partial charge in [-0.3, -0.25) is 4.79 Å². The maximum Gasteiger partial charge on any atom is 0.226 e. The topological polar surface area (TPSA) is 44.1 Å². The third kappa shape index (κ3) is 3.14. The summed E-state index contributed by atoms with van der Waals surface area (Å²) in [5.41, 5.74) is 1.25. The molecule has 0 spiro atoms. The normalized spacial score (nSPS) is 20.9. The zero-order chi connectivity index (χ0) is 13.8. The van der Waals surface area contributed by atoms with Crippen LogP contribution in [-0.4, -0.2) is 23.4 Å². The van der Waals surface area contributed by atoms with Crippen LogP contribution in [0.2, 0.25) is 0 Å². The van der Waals surface area contributed by atoms with Gasteiger partial charge in [0, 0.05) is 18.5 Å². The summed E-state index contributed by atoms with van der Waals surface area (Å²) in [4.78, 5) is 14.3. The van der Waals surface area contributed by atoms with Crippen molar-refractivity contribution >= 4 is 5.91 Å². The Bertz CT molecular complexity index is 475. The van der Waals surface area contributed by atoms with Crippen molar-refractivity contribution in [1.82, 2.24) is 4.90 Å². The standard InChI is InChI=1S/C16H20N2O/c1-12(2)18(10-6-9-17)16(19)15-11-14(15)13-7-4-3-5-8-13/h3-5,7-8,12,14-15H,6,10-11H2,1-2H3. The van der Waals surface area contributed by atoms with E-state index < -0.39 is 0 Å². The van der Waals surface area contributed by atoms with Crippen molar-refractivity contribution in [2.45, 2.75) is 38.6 Å². The first-order valence-electron chi connectivity index (χ1n) is 6.87. The summed E-state index contributed by atoms with van der Waals surface area (Å²) in [5.74, 6) is 0.694. The highest BCUT2D eigenvalue weighted by molar-refractivity contribution is 5.83. The summed E-state index contributed by atoms with van der Waals surface area (Å²) >= 11 is 0. The molecule has 1 aromatic carbocycles. The molecule has 0 aliphatic heterocycles. The zero-order valence-electron chi connectivity index (χ0n) is 11.5. The van der Waals surface area contributed by atoms with Crippen molar-refractivity contribution in [2.24, 2.45) is 5.92 Å². The van der Waals surface area contributed by atoms with Crippen molar-refractivity contribution in [3.05, 3.63) is 35.9 Å². The molecule has 1 amide bonds. The summed E-state index contributed by atoms with van der Waals surface area (Å²) in [7, 11) is 0. The first-order valence-corrected chi connectivity index (χ1v) is 6.87. The molecule has 3 heteroatoms. The Morgan fingerprint density at radius 2 is 2.11 bits per heavy atom. The molecule has 1 aliphatic carbocycles. The van der Waals surface area contributed by atoms with Gasteiger partial charge in [0.1, 0.15) is 0 Å². The molecule has 0 saturated heterocycles. The maximum absolute atomic E-state index is 12.5. The van der Waals surface area contributed by atoms with E-state index >= 15 is 0 Å². The van der Waals surface area contributed by atoms with Crippen LogP contribution in [0, 0.1) is 17.2 Å². The number of nitriles is 1. The molecule has 100 valence electrons. The van der Waals surface area contributed by atoms with Crippen LogP contribution in [-0.2, 0) is 4.79 Å². The molecule has 1 aromatic rings. The quantitative estimate of drug-likeness (QED) is 0.813. The maximum atomic E-state index is 12.5. The highest BCUT2D eigenvalue weighted by atomic mass is 16.2. The van der Waals surface area contributed by atoms with Crippen LogP contribution >= 0.6 is 0 Å². The smallest absolute Gasteiger partial charge is 0.226 e. The third-order valence-corrected chi connectivity index (χ3v) is 3.71. The van der Waals surface area contributed by atoms with Gasteiger partial charge in [-0.1, -0.05) is 30.3 Å². The molecule has 0 heterocycles. The number of hydrogen-bond acceptors (Lipinski definition) is 2. The molecule has 3 nitrogen and oxygen atoms in total. The number of benzene rings is 1. The minimum absolute atomic E-state index is 0.114. The Morgan fingerprint density at radius 3 is 2.68 bits per heavy atom. The Morgan fingerprint density at radius 1 is 1.42 bits per heavy atom. The molecule has 0 N–H and O–H groups in total.